The molecule has 2 amide bonds. The summed E-state index contributed by atoms with van der Waals surface area (Å²) in [6, 6.07) is 27.1. The minimum atomic E-state index is -0.712. The number of carbonyl (C=O) groups is 2. The molecule has 5 nitrogen and oxygen atoms in total. The Morgan fingerprint density at radius 1 is 0.850 bits per heavy atom. The number of benzene rings is 4. The zero-order valence-electron chi connectivity index (χ0n) is 21.2. The van der Waals surface area contributed by atoms with Gasteiger partial charge < -0.3 is 10.6 Å². The number of anilines is 3. The van der Waals surface area contributed by atoms with Gasteiger partial charge >= 0.3 is 6.03 Å². The molecule has 2 unspecified atom stereocenters. The molecule has 40 heavy (non-hydrogen) atoms. The summed E-state index contributed by atoms with van der Waals surface area (Å²) in [5, 5.41) is 7.11. The van der Waals surface area contributed by atoms with Crippen LogP contribution in [0.5, 0.6) is 0 Å². The van der Waals surface area contributed by atoms with Crippen molar-refractivity contribution >= 4 is 52.1 Å². The Bertz CT molecular complexity index is 1660. The number of nitrogens with zero attached hydrogens (tertiary/aromatic N) is 1. The molecule has 2 aliphatic rings. The highest BCUT2D eigenvalue weighted by atomic mass is 35.5. The van der Waals surface area contributed by atoms with Gasteiger partial charge in [-0.05, 0) is 65.9 Å². The molecule has 200 valence electrons. The average Bonchev–Trinajstić information content (AvgIpc) is 3.10. The molecule has 1 aliphatic heterocycles. The van der Waals surface area contributed by atoms with Crippen LogP contribution in [0.15, 0.2) is 108 Å². The maximum Gasteiger partial charge on any atom is 0.327 e. The largest absolute Gasteiger partial charge is 0.357 e. The van der Waals surface area contributed by atoms with Gasteiger partial charge in [-0.3, -0.25) is 9.69 Å². The molecule has 2 atom stereocenters. The van der Waals surface area contributed by atoms with Crippen LogP contribution in [0.2, 0.25) is 10.0 Å². The van der Waals surface area contributed by atoms with E-state index in [9.17, 15) is 14.0 Å². The van der Waals surface area contributed by atoms with E-state index in [1.54, 1.807) is 29.2 Å². The maximum absolute atomic E-state index is 14.1. The number of para-hydroxylation sites is 2. The summed E-state index contributed by atoms with van der Waals surface area (Å²) in [6.07, 6.45) is 0.691. The number of halogens is 3. The lowest BCUT2D eigenvalue weighted by atomic mass is 9.78. The van der Waals surface area contributed by atoms with Crippen molar-refractivity contribution in [2.75, 3.05) is 15.5 Å². The Morgan fingerprint density at radius 3 is 2.38 bits per heavy atom. The summed E-state index contributed by atoms with van der Waals surface area (Å²) in [5.41, 5.74) is 4.55. The van der Waals surface area contributed by atoms with Crippen molar-refractivity contribution in [3.8, 4) is 0 Å². The highest BCUT2D eigenvalue weighted by Crippen LogP contribution is 2.47. The fourth-order valence-electron chi connectivity index (χ4n) is 5.52. The molecule has 1 heterocycles. The Morgan fingerprint density at radius 2 is 1.60 bits per heavy atom. The molecule has 1 aliphatic carbocycles. The van der Waals surface area contributed by atoms with Gasteiger partial charge in [0.2, 0.25) is 0 Å². The summed E-state index contributed by atoms with van der Waals surface area (Å²) in [5.74, 6) is -0.636. The molecule has 4 aromatic rings. The first kappa shape index (κ1) is 26.1. The summed E-state index contributed by atoms with van der Waals surface area (Å²) < 4.78 is 14.1. The van der Waals surface area contributed by atoms with E-state index in [2.05, 4.69) is 10.6 Å². The Labute approximate surface area is 241 Å². The van der Waals surface area contributed by atoms with Crippen molar-refractivity contribution in [3.63, 3.8) is 0 Å². The van der Waals surface area contributed by atoms with E-state index in [0.717, 1.165) is 16.8 Å². The van der Waals surface area contributed by atoms with E-state index in [-0.39, 0.29) is 23.9 Å². The standard InChI is InChI=1S/C32H24Cl2FN3O2/c33-24-14-13-23(18-25(24)34)36-32(40)38-28-12-5-4-11-26(28)37-27-16-21(20-9-6-10-22(35)15-20)17-29(39)30(27)31(38)19-7-2-1-3-8-19/h1-15,18,21,31,37H,16-17H2,(H,36,40). The molecule has 0 saturated heterocycles. The molecule has 0 bridgehead atoms. The summed E-state index contributed by atoms with van der Waals surface area (Å²) in [6.45, 7) is 0. The minimum absolute atomic E-state index is 0.1000. The van der Waals surface area contributed by atoms with Gasteiger partial charge in [-0.15, -0.1) is 0 Å². The third kappa shape index (κ3) is 4.96. The Kier molecular flexibility index (Phi) is 7.05. The number of hydrogen-bond donors (Lipinski definition) is 2. The Balaban J connectivity index is 1.49. The molecule has 2 N–H and O–H groups in total. The highest BCUT2D eigenvalue weighted by Gasteiger charge is 2.41. The molecule has 0 radical (unpaired) electrons. The van der Waals surface area contributed by atoms with Gasteiger partial charge in [0.25, 0.3) is 0 Å². The number of rotatable bonds is 3. The van der Waals surface area contributed by atoms with Crippen molar-refractivity contribution < 1.29 is 14.0 Å². The van der Waals surface area contributed by atoms with Gasteiger partial charge in [0, 0.05) is 23.4 Å². The minimum Gasteiger partial charge on any atom is -0.357 e. The number of urea groups is 1. The van der Waals surface area contributed by atoms with Crippen LogP contribution in [0.4, 0.5) is 26.2 Å². The molecule has 8 heteroatoms. The lowest BCUT2D eigenvalue weighted by Gasteiger charge is -2.35. The number of carbonyl (C=O) groups excluding carboxylic acids is 2. The maximum atomic E-state index is 14.1. The molecule has 4 aromatic carbocycles. The lowest BCUT2D eigenvalue weighted by molar-refractivity contribution is -0.116. The predicted octanol–water partition coefficient (Wildman–Crippen LogP) is 8.74. The van der Waals surface area contributed by atoms with Crippen molar-refractivity contribution in [2.45, 2.75) is 24.8 Å². The van der Waals surface area contributed by atoms with E-state index in [4.69, 9.17) is 23.2 Å². The zero-order chi connectivity index (χ0) is 27.8. The SMILES string of the molecule is O=C1CC(c2cccc(F)c2)CC2=C1C(c1ccccc1)N(C(=O)Nc1ccc(Cl)c(Cl)c1)c1ccccc1N2. The van der Waals surface area contributed by atoms with Crippen molar-refractivity contribution in [3.05, 3.63) is 135 Å². The second kappa shape index (κ2) is 10.8. The van der Waals surface area contributed by atoms with Crippen molar-refractivity contribution in [1.29, 1.82) is 0 Å². The number of ketones is 1. The molecule has 0 fully saturated rings. The summed E-state index contributed by atoms with van der Waals surface area (Å²) in [7, 11) is 0. The highest BCUT2D eigenvalue weighted by molar-refractivity contribution is 6.42. The second-order valence-corrected chi connectivity index (χ2v) is 10.7. The van der Waals surface area contributed by atoms with Gasteiger partial charge in [0.15, 0.2) is 5.78 Å². The summed E-state index contributed by atoms with van der Waals surface area (Å²) >= 11 is 12.3. The van der Waals surface area contributed by atoms with Crippen LogP contribution in [0.25, 0.3) is 0 Å². The molecule has 0 aromatic heterocycles. The third-order valence-corrected chi connectivity index (χ3v) is 8.05. The number of Topliss-reactive ketones (excluding diaryl/α,β-unsaturated/α-hetero) is 1. The van der Waals surface area contributed by atoms with Crippen LogP contribution in [0, 0.1) is 5.82 Å². The first-order chi connectivity index (χ1) is 19.4. The zero-order valence-corrected chi connectivity index (χ0v) is 22.7. The van der Waals surface area contributed by atoms with Gasteiger partial charge in [-0.1, -0.05) is 77.8 Å². The van der Waals surface area contributed by atoms with Crippen LogP contribution in [0.3, 0.4) is 0 Å². The Hall–Kier alpha value is -4.13. The first-order valence-corrected chi connectivity index (χ1v) is 13.6. The van der Waals surface area contributed by atoms with E-state index >= 15 is 0 Å². The molecular formula is C32H24Cl2FN3O2. The van der Waals surface area contributed by atoms with Crippen LogP contribution >= 0.6 is 23.2 Å². The lowest BCUT2D eigenvalue weighted by Crippen LogP contribution is -2.41. The second-order valence-electron chi connectivity index (χ2n) is 9.86. The number of allylic oxidation sites excluding steroid dienone is 1. The monoisotopic (exact) mass is 571 g/mol. The third-order valence-electron chi connectivity index (χ3n) is 7.31. The van der Waals surface area contributed by atoms with Crippen LogP contribution < -0.4 is 15.5 Å². The first-order valence-electron chi connectivity index (χ1n) is 12.9. The number of hydrogen-bond acceptors (Lipinski definition) is 3. The van der Waals surface area contributed by atoms with Gasteiger partial charge in [0.1, 0.15) is 5.82 Å². The van der Waals surface area contributed by atoms with E-state index in [0.29, 0.717) is 39.1 Å². The molecule has 6 rings (SSSR count). The average molecular weight is 572 g/mol. The number of fused-ring (bicyclic) bond motifs is 1. The van der Waals surface area contributed by atoms with E-state index < -0.39 is 12.1 Å². The normalized spacial score (nSPS) is 18.4. The van der Waals surface area contributed by atoms with E-state index in [1.165, 1.54) is 12.1 Å². The van der Waals surface area contributed by atoms with Crippen molar-refractivity contribution in [1.82, 2.24) is 0 Å². The summed E-state index contributed by atoms with van der Waals surface area (Å²) in [4.78, 5) is 29.7. The van der Waals surface area contributed by atoms with Gasteiger partial charge in [-0.2, -0.15) is 0 Å². The number of amides is 2. The van der Waals surface area contributed by atoms with Gasteiger partial charge in [-0.25, -0.2) is 9.18 Å². The van der Waals surface area contributed by atoms with Gasteiger partial charge in [0.05, 0.1) is 27.5 Å². The van der Waals surface area contributed by atoms with Crippen LogP contribution in [-0.4, -0.2) is 11.8 Å². The predicted molar refractivity (Wildman–Crippen MR) is 158 cm³/mol. The smallest absolute Gasteiger partial charge is 0.327 e. The molecular weight excluding hydrogens is 548 g/mol. The topological polar surface area (TPSA) is 61.4 Å². The van der Waals surface area contributed by atoms with E-state index in [1.807, 2.05) is 60.7 Å². The van der Waals surface area contributed by atoms with Crippen molar-refractivity contribution in [2.24, 2.45) is 0 Å². The fourth-order valence-corrected chi connectivity index (χ4v) is 5.82. The molecule has 0 spiro atoms. The molecule has 0 saturated carbocycles. The van der Waals surface area contributed by atoms with Crippen LogP contribution in [-0.2, 0) is 4.79 Å². The number of nitrogens with one attached hydrogen (secondary N) is 2. The quantitative estimate of drug-likeness (QED) is 0.258. The fraction of sp³-hybridized carbons (Fsp3) is 0.125. The van der Waals surface area contributed by atoms with Crippen LogP contribution in [0.1, 0.15) is 35.9 Å².